The van der Waals surface area contributed by atoms with Gasteiger partial charge in [0.05, 0.1) is 12.0 Å². The van der Waals surface area contributed by atoms with Crippen LogP contribution in [0.25, 0.3) is 0 Å². The molecule has 0 aliphatic carbocycles. The molecule has 2 aromatic rings. The molecule has 3 unspecified atom stereocenters. The van der Waals surface area contributed by atoms with Crippen molar-refractivity contribution in [2.75, 3.05) is 7.05 Å². The Labute approximate surface area is 136 Å². The Hall–Kier alpha value is -2.20. The average molecular weight is 314 g/mol. The fourth-order valence-corrected chi connectivity index (χ4v) is 2.65. The molecule has 0 fully saturated rings. The normalized spacial score (nSPS) is 14.8. The monoisotopic (exact) mass is 314 g/mol. The number of rotatable bonds is 5. The Morgan fingerprint density at radius 3 is 2.22 bits per heavy atom. The third-order valence-electron chi connectivity index (χ3n) is 4.40. The molecule has 0 aliphatic heterocycles. The van der Waals surface area contributed by atoms with Crippen molar-refractivity contribution in [2.45, 2.75) is 25.9 Å². The number of halogens is 1. The Bertz CT molecular complexity index is 659. The van der Waals surface area contributed by atoms with Crippen molar-refractivity contribution in [1.82, 2.24) is 4.90 Å². The van der Waals surface area contributed by atoms with Crippen LogP contribution < -0.4 is 5.73 Å². The molecule has 3 atom stereocenters. The Balaban J connectivity index is 2.14. The van der Waals surface area contributed by atoms with Gasteiger partial charge in [0.2, 0.25) is 5.91 Å². The van der Waals surface area contributed by atoms with Gasteiger partial charge in [0.1, 0.15) is 5.82 Å². The van der Waals surface area contributed by atoms with Gasteiger partial charge in [0.15, 0.2) is 0 Å². The molecule has 0 spiro atoms. The first-order chi connectivity index (χ1) is 10.9. The Kier molecular flexibility index (Phi) is 5.50. The number of carbonyl (C=O) groups excluding carboxylic acids is 1. The lowest BCUT2D eigenvalue weighted by molar-refractivity contribution is -0.136. The van der Waals surface area contributed by atoms with Gasteiger partial charge >= 0.3 is 0 Å². The van der Waals surface area contributed by atoms with Crippen LogP contribution in [0.1, 0.15) is 37.1 Å². The van der Waals surface area contributed by atoms with E-state index < -0.39 is 5.92 Å². The lowest BCUT2D eigenvalue weighted by Gasteiger charge is -2.30. The van der Waals surface area contributed by atoms with Crippen molar-refractivity contribution in [3.05, 3.63) is 71.5 Å². The van der Waals surface area contributed by atoms with Gasteiger partial charge in [-0.1, -0.05) is 55.5 Å². The van der Waals surface area contributed by atoms with Crippen molar-refractivity contribution < 1.29 is 9.18 Å². The van der Waals surface area contributed by atoms with Crippen LogP contribution in [0.5, 0.6) is 0 Å². The zero-order valence-electron chi connectivity index (χ0n) is 13.7. The van der Waals surface area contributed by atoms with Gasteiger partial charge in [-0.15, -0.1) is 0 Å². The minimum Gasteiger partial charge on any atom is -0.339 e. The van der Waals surface area contributed by atoms with Crippen LogP contribution in [0.2, 0.25) is 0 Å². The second kappa shape index (κ2) is 7.38. The van der Waals surface area contributed by atoms with Gasteiger partial charge in [-0.2, -0.15) is 0 Å². The molecule has 4 heteroatoms. The summed E-state index contributed by atoms with van der Waals surface area (Å²) < 4.78 is 13.9. The topological polar surface area (TPSA) is 46.3 Å². The maximum absolute atomic E-state index is 13.9. The predicted octanol–water partition coefficient (Wildman–Crippen LogP) is 3.68. The zero-order valence-corrected chi connectivity index (χ0v) is 13.7. The summed E-state index contributed by atoms with van der Waals surface area (Å²) in [4.78, 5) is 14.3. The molecule has 2 aromatic carbocycles. The molecule has 23 heavy (non-hydrogen) atoms. The molecule has 2 N–H and O–H groups in total. The lowest BCUT2D eigenvalue weighted by Crippen LogP contribution is -2.38. The molecule has 0 heterocycles. The fraction of sp³-hybridized carbons (Fsp3) is 0.316. The van der Waals surface area contributed by atoms with Gasteiger partial charge in [0.25, 0.3) is 0 Å². The molecular weight excluding hydrogens is 291 g/mol. The van der Waals surface area contributed by atoms with E-state index in [-0.39, 0.29) is 23.8 Å². The van der Waals surface area contributed by atoms with E-state index in [1.165, 1.54) is 6.07 Å². The SMILES string of the molecule is CC(C(=O)N(C)C(C)c1ccccc1F)C(N)c1ccccc1. The molecule has 0 aromatic heterocycles. The van der Waals surface area contributed by atoms with Crippen LogP contribution >= 0.6 is 0 Å². The molecule has 0 saturated heterocycles. The van der Waals surface area contributed by atoms with Crippen LogP contribution in [0.15, 0.2) is 54.6 Å². The number of nitrogens with zero attached hydrogens (tertiary/aromatic N) is 1. The van der Waals surface area contributed by atoms with Gasteiger partial charge in [-0.25, -0.2) is 4.39 Å². The van der Waals surface area contributed by atoms with Crippen molar-refractivity contribution in [1.29, 1.82) is 0 Å². The second-order valence-corrected chi connectivity index (χ2v) is 5.87. The summed E-state index contributed by atoms with van der Waals surface area (Å²) in [5.74, 6) is -0.798. The molecule has 0 radical (unpaired) electrons. The molecule has 0 saturated carbocycles. The number of benzene rings is 2. The standard InChI is InChI=1S/C19H23FN2O/c1-13(18(21)15-9-5-4-6-10-15)19(23)22(3)14(2)16-11-7-8-12-17(16)20/h4-14,18H,21H2,1-3H3. The highest BCUT2D eigenvalue weighted by atomic mass is 19.1. The van der Waals surface area contributed by atoms with E-state index in [1.807, 2.05) is 44.2 Å². The Morgan fingerprint density at radius 1 is 1.04 bits per heavy atom. The molecule has 3 nitrogen and oxygen atoms in total. The number of hydrogen-bond donors (Lipinski definition) is 1. The first kappa shape index (κ1) is 17.2. The summed E-state index contributed by atoms with van der Waals surface area (Å²) in [6.07, 6.45) is 0. The van der Waals surface area contributed by atoms with Crippen LogP contribution in [0.4, 0.5) is 4.39 Å². The van der Waals surface area contributed by atoms with E-state index in [9.17, 15) is 9.18 Å². The second-order valence-electron chi connectivity index (χ2n) is 5.87. The van der Waals surface area contributed by atoms with Gasteiger partial charge in [-0.3, -0.25) is 4.79 Å². The number of amides is 1. The summed E-state index contributed by atoms with van der Waals surface area (Å²) in [7, 11) is 1.69. The van der Waals surface area contributed by atoms with E-state index in [0.29, 0.717) is 5.56 Å². The van der Waals surface area contributed by atoms with E-state index in [2.05, 4.69) is 0 Å². The molecule has 0 aliphatic rings. The van der Waals surface area contributed by atoms with Crippen molar-refractivity contribution in [2.24, 2.45) is 11.7 Å². The van der Waals surface area contributed by atoms with Gasteiger partial charge in [0, 0.05) is 18.7 Å². The third-order valence-corrected chi connectivity index (χ3v) is 4.40. The summed E-state index contributed by atoms with van der Waals surface area (Å²) >= 11 is 0. The first-order valence-corrected chi connectivity index (χ1v) is 7.75. The minimum absolute atomic E-state index is 0.0999. The van der Waals surface area contributed by atoms with E-state index in [4.69, 9.17) is 5.73 Å². The first-order valence-electron chi connectivity index (χ1n) is 7.75. The molecule has 0 bridgehead atoms. The number of hydrogen-bond acceptors (Lipinski definition) is 2. The maximum Gasteiger partial charge on any atom is 0.227 e. The molecule has 2 rings (SSSR count). The van der Waals surface area contributed by atoms with E-state index in [1.54, 1.807) is 30.1 Å². The number of carbonyl (C=O) groups is 1. The molecular formula is C19H23FN2O. The highest BCUT2D eigenvalue weighted by Gasteiger charge is 2.28. The smallest absolute Gasteiger partial charge is 0.227 e. The van der Waals surface area contributed by atoms with Gasteiger partial charge < -0.3 is 10.6 Å². The molecule has 1 amide bonds. The predicted molar refractivity (Wildman–Crippen MR) is 90.1 cm³/mol. The average Bonchev–Trinajstić information content (AvgIpc) is 2.59. The Morgan fingerprint density at radius 2 is 1.61 bits per heavy atom. The minimum atomic E-state index is -0.392. The number of nitrogens with two attached hydrogens (primary N) is 1. The highest BCUT2D eigenvalue weighted by Crippen LogP contribution is 2.26. The van der Waals surface area contributed by atoms with Crippen LogP contribution in [-0.2, 0) is 4.79 Å². The summed E-state index contributed by atoms with van der Waals surface area (Å²) in [6, 6.07) is 15.3. The quantitative estimate of drug-likeness (QED) is 0.915. The summed E-state index contributed by atoms with van der Waals surface area (Å²) in [5.41, 5.74) is 7.64. The lowest BCUT2D eigenvalue weighted by atomic mass is 9.93. The van der Waals surface area contributed by atoms with E-state index in [0.717, 1.165) is 5.56 Å². The van der Waals surface area contributed by atoms with Crippen LogP contribution in [0.3, 0.4) is 0 Å². The van der Waals surface area contributed by atoms with Gasteiger partial charge in [-0.05, 0) is 18.6 Å². The van der Waals surface area contributed by atoms with Crippen molar-refractivity contribution in [3.63, 3.8) is 0 Å². The fourth-order valence-electron chi connectivity index (χ4n) is 2.65. The highest BCUT2D eigenvalue weighted by molar-refractivity contribution is 5.79. The van der Waals surface area contributed by atoms with Crippen molar-refractivity contribution in [3.8, 4) is 0 Å². The zero-order chi connectivity index (χ0) is 17.0. The van der Waals surface area contributed by atoms with Crippen LogP contribution in [0, 0.1) is 11.7 Å². The maximum atomic E-state index is 13.9. The third kappa shape index (κ3) is 3.77. The van der Waals surface area contributed by atoms with Crippen LogP contribution in [-0.4, -0.2) is 17.9 Å². The summed E-state index contributed by atoms with van der Waals surface area (Å²) in [6.45, 7) is 3.63. The van der Waals surface area contributed by atoms with Crippen molar-refractivity contribution >= 4 is 5.91 Å². The van der Waals surface area contributed by atoms with E-state index >= 15 is 0 Å². The molecule has 122 valence electrons. The summed E-state index contributed by atoms with van der Waals surface area (Å²) in [5, 5.41) is 0. The largest absolute Gasteiger partial charge is 0.339 e.